The number of carbonyl (C=O) groups excluding carboxylic acids is 1. The number of hydrogen-bond acceptors (Lipinski definition) is 5. The first-order valence-electron chi connectivity index (χ1n) is 7.43. The third-order valence-electron chi connectivity index (χ3n) is 3.92. The summed E-state index contributed by atoms with van der Waals surface area (Å²) in [6, 6.07) is 3.18. The summed E-state index contributed by atoms with van der Waals surface area (Å²) < 4.78 is 6.18. The van der Waals surface area contributed by atoms with Crippen LogP contribution in [0, 0.1) is 5.92 Å². The van der Waals surface area contributed by atoms with Crippen molar-refractivity contribution in [2.24, 2.45) is 5.92 Å². The minimum absolute atomic E-state index is 0.00328. The molecule has 0 aromatic carbocycles. The van der Waals surface area contributed by atoms with Gasteiger partial charge in [0.2, 0.25) is 5.88 Å². The van der Waals surface area contributed by atoms with Crippen LogP contribution in [0.4, 0.5) is 0 Å². The lowest BCUT2D eigenvalue weighted by molar-refractivity contribution is 0.0519. The van der Waals surface area contributed by atoms with E-state index in [9.17, 15) is 9.90 Å². The molecule has 2 aromatic rings. The van der Waals surface area contributed by atoms with E-state index in [4.69, 9.17) is 4.74 Å². The molecule has 1 saturated carbocycles. The molecule has 6 heteroatoms. The van der Waals surface area contributed by atoms with Gasteiger partial charge in [0.05, 0.1) is 6.61 Å². The SMILES string of the molecule is CCOC(=O)c1cc2nc(CC3CCCC3)cc(O)n2n1. The molecule has 0 spiro atoms. The van der Waals surface area contributed by atoms with Gasteiger partial charge in [0.25, 0.3) is 0 Å². The third kappa shape index (κ3) is 2.84. The van der Waals surface area contributed by atoms with Gasteiger partial charge in [-0.2, -0.15) is 9.61 Å². The van der Waals surface area contributed by atoms with Gasteiger partial charge in [0.1, 0.15) is 0 Å². The van der Waals surface area contributed by atoms with Gasteiger partial charge in [-0.3, -0.25) is 0 Å². The summed E-state index contributed by atoms with van der Waals surface area (Å²) in [5.74, 6) is 0.148. The van der Waals surface area contributed by atoms with E-state index in [0.29, 0.717) is 18.2 Å². The highest BCUT2D eigenvalue weighted by atomic mass is 16.5. The Morgan fingerprint density at radius 2 is 2.19 bits per heavy atom. The fraction of sp³-hybridized carbons (Fsp3) is 0.533. The lowest BCUT2D eigenvalue weighted by Crippen LogP contribution is -2.05. The molecule has 0 atom stereocenters. The van der Waals surface area contributed by atoms with Crippen LogP contribution in [0.3, 0.4) is 0 Å². The maximum Gasteiger partial charge on any atom is 0.358 e. The van der Waals surface area contributed by atoms with Gasteiger partial charge in [0, 0.05) is 17.8 Å². The smallest absolute Gasteiger partial charge is 0.358 e. The minimum Gasteiger partial charge on any atom is -0.493 e. The van der Waals surface area contributed by atoms with Crippen LogP contribution in [0.1, 0.15) is 48.8 Å². The average Bonchev–Trinajstić information content (AvgIpc) is 3.08. The number of carbonyl (C=O) groups is 1. The van der Waals surface area contributed by atoms with Crippen molar-refractivity contribution >= 4 is 11.6 Å². The molecule has 2 aromatic heterocycles. The van der Waals surface area contributed by atoms with Crippen LogP contribution in [0.5, 0.6) is 5.88 Å². The Bertz CT molecular complexity index is 659. The lowest BCUT2D eigenvalue weighted by Gasteiger charge is -2.08. The Labute approximate surface area is 122 Å². The number of esters is 1. The first-order chi connectivity index (χ1) is 10.2. The molecule has 112 valence electrons. The van der Waals surface area contributed by atoms with E-state index >= 15 is 0 Å². The van der Waals surface area contributed by atoms with E-state index in [-0.39, 0.29) is 11.6 Å². The second-order valence-corrected chi connectivity index (χ2v) is 5.48. The number of aromatic nitrogens is 3. The summed E-state index contributed by atoms with van der Waals surface area (Å²) in [6.45, 7) is 2.03. The highest BCUT2D eigenvalue weighted by molar-refractivity contribution is 5.88. The first kappa shape index (κ1) is 13.9. The second-order valence-electron chi connectivity index (χ2n) is 5.48. The molecule has 2 heterocycles. The Morgan fingerprint density at radius 3 is 2.90 bits per heavy atom. The Hall–Kier alpha value is -2.11. The monoisotopic (exact) mass is 289 g/mol. The number of aromatic hydroxyl groups is 1. The Balaban J connectivity index is 1.89. The molecule has 1 aliphatic rings. The molecular weight excluding hydrogens is 270 g/mol. The molecule has 0 radical (unpaired) electrons. The fourth-order valence-electron chi connectivity index (χ4n) is 2.93. The fourth-order valence-corrected chi connectivity index (χ4v) is 2.93. The summed E-state index contributed by atoms with van der Waals surface area (Å²) >= 11 is 0. The average molecular weight is 289 g/mol. The second kappa shape index (κ2) is 5.71. The molecule has 1 fully saturated rings. The van der Waals surface area contributed by atoms with Gasteiger partial charge in [-0.05, 0) is 19.3 Å². The molecule has 1 aliphatic carbocycles. The van der Waals surface area contributed by atoms with Crippen LogP contribution >= 0.6 is 0 Å². The molecule has 0 unspecified atom stereocenters. The van der Waals surface area contributed by atoms with Crippen molar-refractivity contribution in [1.82, 2.24) is 14.6 Å². The molecule has 0 amide bonds. The van der Waals surface area contributed by atoms with Crippen molar-refractivity contribution < 1.29 is 14.6 Å². The molecular formula is C15H19N3O3. The zero-order valence-electron chi connectivity index (χ0n) is 12.1. The summed E-state index contributed by atoms with van der Waals surface area (Å²) in [4.78, 5) is 16.2. The van der Waals surface area contributed by atoms with Gasteiger partial charge in [-0.25, -0.2) is 9.78 Å². The predicted octanol–water partition coefficient (Wildman–Crippen LogP) is 2.34. The topological polar surface area (TPSA) is 76.7 Å². The van der Waals surface area contributed by atoms with Crippen molar-refractivity contribution in [2.45, 2.75) is 39.0 Å². The van der Waals surface area contributed by atoms with Crippen LogP contribution < -0.4 is 0 Å². The largest absolute Gasteiger partial charge is 0.493 e. The van der Waals surface area contributed by atoms with E-state index in [2.05, 4.69) is 10.1 Å². The normalized spacial score (nSPS) is 15.7. The van der Waals surface area contributed by atoms with Crippen molar-refractivity contribution in [3.8, 4) is 5.88 Å². The number of hydrogen-bond donors (Lipinski definition) is 1. The van der Waals surface area contributed by atoms with E-state index in [1.165, 1.54) is 30.2 Å². The molecule has 21 heavy (non-hydrogen) atoms. The van der Waals surface area contributed by atoms with Crippen LogP contribution in [-0.4, -0.2) is 32.3 Å². The molecule has 0 bridgehead atoms. The maximum absolute atomic E-state index is 11.7. The van der Waals surface area contributed by atoms with Crippen molar-refractivity contribution in [3.05, 3.63) is 23.5 Å². The highest BCUT2D eigenvalue weighted by Crippen LogP contribution is 2.28. The number of fused-ring (bicyclic) bond motifs is 1. The number of ether oxygens (including phenoxy) is 1. The van der Waals surface area contributed by atoms with E-state index in [1.807, 2.05) is 0 Å². The van der Waals surface area contributed by atoms with Crippen LogP contribution in [0.15, 0.2) is 12.1 Å². The van der Waals surface area contributed by atoms with Crippen molar-refractivity contribution in [3.63, 3.8) is 0 Å². The summed E-state index contributed by atoms with van der Waals surface area (Å²) in [7, 11) is 0. The zero-order valence-corrected chi connectivity index (χ0v) is 12.1. The number of rotatable bonds is 4. The summed E-state index contributed by atoms with van der Waals surface area (Å²) in [5, 5.41) is 14.1. The molecule has 6 nitrogen and oxygen atoms in total. The predicted molar refractivity (Wildman–Crippen MR) is 76.3 cm³/mol. The Morgan fingerprint density at radius 1 is 1.43 bits per heavy atom. The Kier molecular flexibility index (Phi) is 3.77. The van der Waals surface area contributed by atoms with Crippen LogP contribution in [0.2, 0.25) is 0 Å². The number of nitrogens with zero attached hydrogens (tertiary/aromatic N) is 3. The first-order valence-corrected chi connectivity index (χ1v) is 7.43. The van der Waals surface area contributed by atoms with Gasteiger partial charge in [0.15, 0.2) is 11.3 Å². The van der Waals surface area contributed by atoms with Crippen molar-refractivity contribution in [1.29, 1.82) is 0 Å². The van der Waals surface area contributed by atoms with Gasteiger partial charge >= 0.3 is 5.97 Å². The van der Waals surface area contributed by atoms with Gasteiger partial charge in [-0.15, -0.1) is 0 Å². The zero-order chi connectivity index (χ0) is 14.8. The van der Waals surface area contributed by atoms with Gasteiger partial charge in [-0.1, -0.05) is 25.7 Å². The van der Waals surface area contributed by atoms with Crippen molar-refractivity contribution in [2.75, 3.05) is 6.61 Å². The van der Waals surface area contributed by atoms with E-state index in [0.717, 1.165) is 12.1 Å². The molecule has 0 saturated heterocycles. The standard InChI is InChI=1S/C15H19N3O3/c1-2-21-15(20)12-9-13-16-11(7-10-5-3-4-6-10)8-14(19)18(13)17-12/h8-10,19H,2-7H2,1H3. The minimum atomic E-state index is -0.500. The quantitative estimate of drug-likeness (QED) is 0.874. The third-order valence-corrected chi connectivity index (χ3v) is 3.92. The molecule has 3 rings (SSSR count). The lowest BCUT2D eigenvalue weighted by atomic mass is 10.0. The molecule has 1 N–H and O–H groups in total. The van der Waals surface area contributed by atoms with E-state index < -0.39 is 5.97 Å². The molecule has 0 aliphatic heterocycles. The summed E-state index contributed by atoms with van der Waals surface area (Å²) in [5.41, 5.74) is 1.49. The van der Waals surface area contributed by atoms with Crippen LogP contribution in [0.25, 0.3) is 5.65 Å². The van der Waals surface area contributed by atoms with Gasteiger partial charge < -0.3 is 9.84 Å². The van der Waals surface area contributed by atoms with E-state index in [1.54, 1.807) is 19.1 Å². The maximum atomic E-state index is 11.7. The highest BCUT2D eigenvalue weighted by Gasteiger charge is 2.19. The summed E-state index contributed by atoms with van der Waals surface area (Å²) in [6.07, 6.45) is 5.86. The van der Waals surface area contributed by atoms with Crippen LogP contribution in [-0.2, 0) is 11.2 Å².